The number of fused-ring (bicyclic) bond motifs is 1. The van der Waals surface area contributed by atoms with Gasteiger partial charge < -0.3 is 10.6 Å². The average molecular weight is 274 g/mol. The second kappa shape index (κ2) is 4.59. The van der Waals surface area contributed by atoms with Crippen molar-refractivity contribution in [3.8, 4) is 0 Å². The molecule has 2 aromatic carbocycles. The van der Waals surface area contributed by atoms with Crippen LogP contribution in [0.2, 0.25) is 0 Å². The Bertz CT molecular complexity index is 700. The van der Waals surface area contributed by atoms with Crippen molar-refractivity contribution in [1.82, 2.24) is 4.90 Å². The number of nitrogen functional groups attached to an aromatic ring is 1. The van der Waals surface area contributed by atoms with Gasteiger partial charge in [0.15, 0.2) is 11.6 Å². The monoisotopic (exact) mass is 274 g/mol. The van der Waals surface area contributed by atoms with Crippen LogP contribution in [0.4, 0.5) is 14.5 Å². The summed E-state index contributed by atoms with van der Waals surface area (Å²) in [5, 5.41) is 0. The first-order chi connectivity index (χ1) is 9.56. The summed E-state index contributed by atoms with van der Waals surface area (Å²) in [7, 11) is 0. The van der Waals surface area contributed by atoms with E-state index in [0.29, 0.717) is 18.8 Å². The number of anilines is 1. The molecule has 0 aromatic heterocycles. The molecule has 2 aromatic rings. The van der Waals surface area contributed by atoms with Crippen molar-refractivity contribution >= 4 is 11.6 Å². The number of carbonyl (C=O) groups is 1. The van der Waals surface area contributed by atoms with Gasteiger partial charge in [-0.3, -0.25) is 4.79 Å². The van der Waals surface area contributed by atoms with E-state index in [1.54, 1.807) is 12.1 Å². The maximum absolute atomic E-state index is 13.7. The summed E-state index contributed by atoms with van der Waals surface area (Å²) in [4.78, 5) is 13.7. The lowest BCUT2D eigenvalue weighted by Crippen LogP contribution is -2.26. The zero-order valence-electron chi connectivity index (χ0n) is 10.6. The molecule has 0 aliphatic carbocycles. The predicted octanol–water partition coefficient (Wildman–Crippen LogP) is 2.70. The first kappa shape index (κ1) is 12.6. The van der Waals surface area contributed by atoms with Crippen molar-refractivity contribution in [2.45, 2.75) is 13.1 Å². The van der Waals surface area contributed by atoms with Gasteiger partial charge in [0.1, 0.15) is 0 Å². The lowest BCUT2D eigenvalue weighted by molar-refractivity contribution is 0.0745. The SMILES string of the molecule is Nc1ccc2c(c1)CN(C(=O)c1cccc(F)c1F)C2. The van der Waals surface area contributed by atoms with E-state index in [0.717, 1.165) is 17.2 Å². The van der Waals surface area contributed by atoms with E-state index in [4.69, 9.17) is 5.73 Å². The van der Waals surface area contributed by atoms with E-state index in [1.165, 1.54) is 17.0 Å². The topological polar surface area (TPSA) is 46.3 Å². The molecule has 0 atom stereocenters. The minimum atomic E-state index is -1.10. The van der Waals surface area contributed by atoms with Crippen LogP contribution in [0.5, 0.6) is 0 Å². The van der Waals surface area contributed by atoms with Crippen molar-refractivity contribution in [3.63, 3.8) is 0 Å². The molecular weight excluding hydrogens is 262 g/mol. The Hall–Kier alpha value is -2.43. The average Bonchev–Trinajstić information content (AvgIpc) is 2.84. The Morgan fingerprint density at radius 2 is 1.85 bits per heavy atom. The van der Waals surface area contributed by atoms with Gasteiger partial charge in [-0.15, -0.1) is 0 Å². The predicted molar refractivity (Wildman–Crippen MR) is 70.8 cm³/mol. The molecule has 0 unspecified atom stereocenters. The van der Waals surface area contributed by atoms with E-state index in [-0.39, 0.29) is 5.56 Å². The van der Waals surface area contributed by atoms with Crippen molar-refractivity contribution in [2.24, 2.45) is 0 Å². The van der Waals surface area contributed by atoms with Crippen LogP contribution >= 0.6 is 0 Å². The molecule has 0 saturated carbocycles. The molecule has 102 valence electrons. The molecule has 0 spiro atoms. The zero-order chi connectivity index (χ0) is 14.3. The van der Waals surface area contributed by atoms with Crippen molar-refractivity contribution in [3.05, 3.63) is 64.7 Å². The fourth-order valence-corrected chi connectivity index (χ4v) is 2.40. The number of carbonyl (C=O) groups excluding carboxylic acids is 1. The number of hydrogen-bond acceptors (Lipinski definition) is 2. The van der Waals surface area contributed by atoms with Crippen molar-refractivity contribution in [2.75, 3.05) is 5.73 Å². The summed E-state index contributed by atoms with van der Waals surface area (Å²) in [6, 6.07) is 9.01. The van der Waals surface area contributed by atoms with Crippen LogP contribution in [0.1, 0.15) is 21.5 Å². The lowest BCUT2D eigenvalue weighted by atomic mass is 10.1. The maximum atomic E-state index is 13.7. The van der Waals surface area contributed by atoms with Gasteiger partial charge in [0.25, 0.3) is 5.91 Å². The Morgan fingerprint density at radius 3 is 2.65 bits per heavy atom. The van der Waals surface area contributed by atoms with Gasteiger partial charge in [0, 0.05) is 18.8 Å². The molecule has 0 bridgehead atoms. The minimum absolute atomic E-state index is 0.245. The van der Waals surface area contributed by atoms with Gasteiger partial charge in [0.05, 0.1) is 5.56 Å². The number of amides is 1. The van der Waals surface area contributed by atoms with E-state index in [9.17, 15) is 13.6 Å². The fourth-order valence-electron chi connectivity index (χ4n) is 2.40. The normalized spacial score (nSPS) is 13.4. The third-order valence-electron chi connectivity index (χ3n) is 3.42. The number of benzene rings is 2. The van der Waals surface area contributed by atoms with E-state index >= 15 is 0 Å². The van der Waals surface area contributed by atoms with Crippen LogP contribution < -0.4 is 5.73 Å². The lowest BCUT2D eigenvalue weighted by Gasteiger charge is -2.15. The Balaban J connectivity index is 1.89. The van der Waals surface area contributed by atoms with E-state index in [1.807, 2.05) is 6.07 Å². The summed E-state index contributed by atoms with van der Waals surface area (Å²) >= 11 is 0. The molecule has 0 radical (unpaired) electrons. The molecule has 3 rings (SSSR count). The Kier molecular flexibility index (Phi) is 2.89. The molecule has 1 amide bonds. The highest BCUT2D eigenvalue weighted by atomic mass is 19.2. The molecule has 2 N–H and O–H groups in total. The van der Waals surface area contributed by atoms with Gasteiger partial charge in [-0.05, 0) is 35.4 Å². The van der Waals surface area contributed by atoms with Crippen molar-refractivity contribution in [1.29, 1.82) is 0 Å². The van der Waals surface area contributed by atoms with Crippen LogP contribution in [-0.4, -0.2) is 10.8 Å². The van der Waals surface area contributed by atoms with Crippen LogP contribution in [0.3, 0.4) is 0 Å². The molecule has 20 heavy (non-hydrogen) atoms. The number of halogens is 2. The Labute approximate surface area is 114 Å². The van der Waals surface area contributed by atoms with Crippen LogP contribution in [-0.2, 0) is 13.1 Å². The third-order valence-corrected chi connectivity index (χ3v) is 3.42. The molecule has 3 nitrogen and oxygen atoms in total. The molecule has 1 aliphatic heterocycles. The summed E-state index contributed by atoms with van der Waals surface area (Å²) in [6.07, 6.45) is 0. The summed E-state index contributed by atoms with van der Waals surface area (Å²) in [6.45, 7) is 0.736. The highest BCUT2D eigenvalue weighted by molar-refractivity contribution is 5.94. The smallest absolute Gasteiger partial charge is 0.257 e. The number of nitrogens with two attached hydrogens (primary N) is 1. The minimum Gasteiger partial charge on any atom is -0.399 e. The molecular formula is C15H12F2N2O. The van der Waals surface area contributed by atoms with Crippen LogP contribution in [0, 0.1) is 11.6 Å². The van der Waals surface area contributed by atoms with Gasteiger partial charge in [-0.2, -0.15) is 0 Å². The third kappa shape index (κ3) is 2.01. The maximum Gasteiger partial charge on any atom is 0.257 e. The summed E-state index contributed by atoms with van der Waals surface area (Å²) in [5.41, 5.74) is 7.99. The largest absolute Gasteiger partial charge is 0.399 e. The van der Waals surface area contributed by atoms with Crippen molar-refractivity contribution < 1.29 is 13.6 Å². The van der Waals surface area contributed by atoms with Gasteiger partial charge in [0.2, 0.25) is 0 Å². The Morgan fingerprint density at radius 1 is 1.10 bits per heavy atom. The van der Waals surface area contributed by atoms with Gasteiger partial charge in [-0.1, -0.05) is 12.1 Å². The number of nitrogens with zero attached hydrogens (tertiary/aromatic N) is 1. The second-order valence-electron chi connectivity index (χ2n) is 4.79. The molecule has 5 heteroatoms. The molecule has 0 fully saturated rings. The molecule has 1 aliphatic rings. The molecule has 1 heterocycles. The van der Waals surface area contributed by atoms with E-state index in [2.05, 4.69) is 0 Å². The van der Waals surface area contributed by atoms with Crippen LogP contribution in [0.15, 0.2) is 36.4 Å². The standard InChI is InChI=1S/C15H12F2N2O/c16-13-3-1-2-12(14(13)17)15(20)19-7-9-4-5-11(18)6-10(9)8-19/h1-6H,7-8,18H2. The highest BCUT2D eigenvalue weighted by Gasteiger charge is 2.26. The van der Waals surface area contributed by atoms with Crippen LogP contribution in [0.25, 0.3) is 0 Å². The van der Waals surface area contributed by atoms with E-state index < -0.39 is 17.5 Å². The quantitative estimate of drug-likeness (QED) is 0.813. The second-order valence-corrected chi connectivity index (χ2v) is 4.79. The summed E-state index contributed by atoms with van der Waals surface area (Å²) in [5.74, 6) is -2.64. The first-order valence-electron chi connectivity index (χ1n) is 6.17. The zero-order valence-corrected chi connectivity index (χ0v) is 10.6. The number of rotatable bonds is 1. The highest BCUT2D eigenvalue weighted by Crippen LogP contribution is 2.26. The van der Waals surface area contributed by atoms with Gasteiger partial charge in [-0.25, -0.2) is 8.78 Å². The fraction of sp³-hybridized carbons (Fsp3) is 0.133. The van der Waals surface area contributed by atoms with Gasteiger partial charge >= 0.3 is 0 Å². The summed E-state index contributed by atoms with van der Waals surface area (Å²) < 4.78 is 26.8. The molecule has 0 saturated heterocycles. The number of hydrogen-bond donors (Lipinski definition) is 1. The first-order valence-corrected chi connectivity index (χ1v) is 6.17.